The first-order valence-electron chi connectivity index (χ1n) is 5.26. The van der Waals surface area contributed by atoms with Crippen LogP contribution >= 0.6 is 0 Å². The van der Waals surface area contributed by atoms with Gasteiger partial charge in [0.1, 0.15) is 0 Å². The molecule has 0 saturated heterocycles. The van der Waals surface area contributed by atoms with E-state index in [1.165, 1.54) is 0 Å². The second kappa shape index (κ2) is 7.37. The smallest absolute Gasteiger partial charge is 0.221 e. The highest BCUT2D eigenvalue weighted by molar-refractivity contribution is 5.76. The molecule has 0 aromatic rings. The number of rotatable bonds is 6. The molecule has 0 radical (unpaired) electrons. The van der Waals surface area contributed by atoms with Crippen LogP contribution in [0.25, 0.3) is 0 Å². The highest BCUT2D eigenvalue weighted by Crippen LogP contribution is 2.14. The van der Waals surface area contributed by atoms with Crippen LogP contribution in [-0.2, 0) is 4.79 Å². The topological polar surface area (TPSA) is 52.9 Å². The maximum absolute atomic E-state index is 11.3. The molecule has 0 aliphatic rings. The number of carbonyl (C=O) groups is 1. The minimum atomic E-state index is -0.133. The zero-order valence-corrected chi connectivity index (χ0v) is 9.34. The molecule has 0 spiro atoms. The van der Waals surface area contributed by atoms with Gasteiger partial charge in [0.05, 0.1) is 12.0 Å². The quantitative estimate of drug-likeness (QED) is 0.707. The van der Waals surface area contributed by atoms with Gasteiger partial charge in [-0.2, -0.15) is 5.26 Å². The molecule has 0 saturated carbocycles. The molecular formula is C11H20N2O. The van der Waals surface area contributed by atoms with Crippen molar-refractivity contribution < 1.29 is 4.79 Å². The Labute approximate surface area is 86.5 Å². The number of carbonyl (C=O) groups excluding carboxylic acids is 1. The number of amides is 1. The van der Waals surface area contributed by atoms with Crippen LogP contribution in [-0.4, -0.2) is 12.5 Å². The van der Waals surface area contributed by atoms with E-state index in [0.717, 1.165) is 12.8 Å². The monoisotopic (exact) mass is 196 g/mol. The van der Waals surface area contributed by atoms with E-state index in [1.807, 2.05) is 6.92 Å². The van der Waals surface area contributed by atoms with E-state index in [9.17, 15) is 4.79 Å². The summed E-state index contributed by atoms with van der Waals surface area (Å²) in [5.41, 5.74) is 0. The van der Waals surface area contributed by atoms with Crippen molar-refractivity contribution in [1.82, 2.24) is 5.32 Å². The van der Waals surface area contributed by atoms with Gasteiger partial charge in [-0.25, -0.2) is 0 Å². The summed E-state index contributed by atoms with van der Waals surface area (Å²) < 4.78 is 0. The summed E-state index contributed by atoms with van der Waals surface area (Å²) in [6.45, 7) is 6.84. The van der Waals surface area contributed by atoms with E-state index in [0.29, 0.717) is 18.9 Å². The summed E-state index contributed by atoms with van der Waals surface area (Å²) in [7, 11) is 0. The third-order valence-electron chi connectivity index (χ3n) is 1.94. The van der Waals surface area contributed by atoms with Gasteiger partial charge in [-0.1, -0.05) is 20.8 Å². The van der Waals surface area contributed by atoms with Gasteiger partial charge in [0.25, 0.3) is 0 Å². The summed E-state index contributed by atoms with van der Waals surface area (Å²) in [4.78, 5) is 11.3. The van der Waals surface area contributed by atoms with Crippen LogP contribution in [0.3, 0.4) is 0 Å². The first-order valence-corrected chi connectivity index (χ1v) is 5.26. The summed E-state index contributed by atoms with van der Waals surface area (Å²) in [5.74, 6) is 0.338. The van der Waals surface area contributed by atoms with E-state index >= 15 is 0 Å². The van der Waals surface area contributed by atoms with Crippen molar-refractivity contribution >= 4 is 5.91 Å². The van der Waals surface area contributed by atoms with Crippen LogP contribution in [0, 0.1) is 23.2 Å². The highest BCUT2D eigenvalue weighted by Gasteiger charge is 2.13. The molecular weight excluding hydrogens is 176 g/mol. The van der Waals surface area contributed by atoms with Crippen molar-refractivity contribution in [3.8, 4) is 6.07 Å². The number of hydrogen-bond donors (Lipinski definition) is 1. The molecule has 0 aliphatic heterocycles. The zero-order chi connectivity index (χ0) is 11.0. The number of nitriles is 1. The SMILES string of the molecule is CCCNC(=O)CC(C#N)CC(C)C. The Morgan fingerprint density at radius 1 is 1.50 bits per heavy atom. The fraction of sp³-hybridized carbons (Fsp3) is 0.818. The van der Waals surface area contributed by atoms with Crippen LogP contribution in [0.4, 0.5) is 0 Å². The lowest BCUT2D eigenvalue weighted by atomic mass is 9.95. The molecule has 0 bridgehead atoms. The largest absolute Gasteiger partial charge is 0.356 e. The van der Waals surface area contributed by atoms with E-state index < -0.39 is 0 Å². The van der Waals surface area contributed by atoms with Gasteiger partial charge in [0.2, 0.25) is 5.91 Å². The fourth-order valence-corrected chi connectivity index (χ4v) is 1.31. The lowest BCUT2D eigenvalue weighted by Crippen LogP contribution is -2.26. The standard InChI is InChI=1S/C11H20N2O/c1-4-5-13-11(14)7-10(8-12)6-9(2)3/h9-10H,4-7H2,1-3H3,(H,13,14). The molecule has 0 aromatic heterocycles. The van der Waals surface area contributed by atoms with Crippen molar-refractivity contribution in [1.29, 1.82) is 5.26 Å². The van der Waals surface area contributed by atoms with Gasteiger partial charge >= 0.3 is 0 Å². The summed E-state index contributed by atoms with van der Waals surface area (Å²) in [5, 5.41) is 11.6. The normalized spacial score (nSPS) is 12.2. The third-order valence-corrected chi connectivity index (χ3v) is 1.94. The van der Waals surface area contributed by atoms with Gasteiger partial charge in [0.15, 0.2) is 0 Å². The molecule has 80 valence electrons. The minimum Gasteiger partial charge on any atom is -0.356 e. The van der Waals surface area contributed by atoms with E-state index in [1.54, 1.807) is 0 Å². The summed E-state index contributed by atoms with van der Waals surface area (Å²) in [6.07, 6.45) is 2.08. The number of nitrogens with zero attached hydrogens (tertiary/aromatic N) is 1. The maximum atomic E-state index is 11.3. The highest BCUT2D eigenvalue weighted by atomic mass is 16.1. The fourth-order valence-electron chi connectivity index (χ4n) is 1.31. The Bertz CT molecular complexity index is 206. The maximum Gasteiger partial charge on any atom is 0.221 e. The molecule has 1 unspecified atom stereocenters. The molecule has 0 rings (SSSR count). The Hall–Kier alpha value is -1.04. The second-order valence-corrected chi connectivity index (χ2v) is 4.01. The van der Waals surface area contributed by atoms with Crippen molar-refractivity contribution in [3.63, 3.8) is 0 Å². The lowest BCUT2D eigenvalue weighted by molar-refractivity contribution is -0.121. The van der Waals surface area contributed by atoms with Crippen LogP contribution in [0.2, 0.25) is 0 Å². The van der Waals surface area contributed by atoms with E-state index in [-0.39, 0.29) is 11.8 Å². The molecule has 1 atom stereocenters. The third kappa shape index (κ3) is 6.47. The van der Waals surface area contributed by atoms with Crippen LogP contribution in [0.5, 0.6) is 0 Å². The predicted molar refractivity (Wildman–Crippen MR) is 56.5 cm³/mol. The van der Waals surface area contributed by atoms with E-state index in [2.05, 4.69) is 25.2 Å². The van der Waals surface area contributed by atoms with Crippen molar-refractivity contribution in [2.75, 3.05) is 6.54 Å². The van der Waals surface area contributed by atoms with Gasteiger partial charge in [0, 0.05) is 13.0 Å². The van der Waals surface area contributed by atoms with E-state index in [4.69, 9.17) is 5.26 Å². The van der Waals surface area contributed by atoms with Gasteiger partial charge in [-0.05, 0) is 18.8 Å². The van der Waals surface area contributed by atoms with Gasteiger partial charge < -0.3 is 5.32 Å². The van der Waals surface area contributed by atoms with Crippen LogP contribution in [0.1, 0.15) is 40.0 Å². The van der Waals surface area contributed by atoms with Gasteiger partial charge in [-0.3, -0.25) is 4.79 Å². The molecule has 1 amide bonds. The average molecular weight is 196 g/mol. The number of hydrogen-bond acceptors (Lipinski definition) is 2. The lowest BCUT2D eigenvalue weighted by Gasteiger charge is -2.11. The molecule has 0 aliphatic carbocycles. The Morgan fingerprint density at radius 2 is 2.14 bits per heavy atom. The molecule has 3 nitrogen and oxygen atoms in total. The Morgan fingerprint density at radius 3 is 2.57 bits per heavy atom. The predicted octanol–water partition coefficient (Wildman–Crippen LogP) is 2.09. The van der Waals surface area contributed by atoms with Crippen LogP contribution < -0.4 is 5.32 Å². The molecule has 0 fully saturated rings. The Kier molecular flexibility index (Phi) is 6.82. The first kappa shape index (κ1) is 13.0. The molecule has 3 heteroatoms. The van der Waals surface area contributed by atoms with Crippen molar-refractivity contribution in [2.24, 2.45) is 11.8 Å². The summed E-state index contributed by atoms with van der Waals surface area (Å²) >= 11 is 0. The van der Waals surface area contributed by atoms with Crippen LogP contribution in [0.15, 0.2) is 0 Å². The first-order chi connectivity index (χ1) is 6.60. The molecule has 0 aromatic carbocycles. The van der Waals surface area contributed by atoms with Crippen molar-refractivity contribution in [2.45, 2.75) is 40.0 Å². The van der Waals surface area contributed by atoms with Gasteiger partial charge in [-0.15, -0.1) is 0 Å². The summed E-state index contributed by atoms with van der Waals surface area (Å²) in [6, 6.07) is 2.18. The molecule has 0 heterocycles. The average Bonchev–Trinajstić information content (AvgIpc) is 2.12. The molecule has 1 N–H and O–H groups in total. The second-order valence-electron chi connectivity index (χ2n) is 4.01. The minimum absolute atomic E-state index is 0.000880. The number of nitrogens with one attached hydrogen (secondary N) is 1. The zero-order valence-electron chi connectivity index (χ0n) is 9.34. The van der Waals surface area contributed by atoms with Crippen molar-refractivity contribution in [3.05, 3.63) is 0 Å². The Balaban J connectivity index is 3.82. The molecule has 14 heavy (non-hydrogen) atoms.